The van der Waals surface area contributed by atoms with Crippen LogP contribution in [0.15, 0.2) is 46.9 Å². The second kappa shape index (κ2) is 8.63. The van der Waals surface area contributed by atoms with Crippen LogP contribution in [-0.4, -0.2) is 37.7 Å². The van der Waals surface area contributed by atoms with Gasteiger partial charge >= 0.3 is 0 Å². The van der Waals surface area contributed by atoms with E-state index in [9.17, 15) is 0 Å². The normalized spacial score (nSPS) is 24.0. The lowest BCUT2D eigenvalue weighted by molar-refractivity contribution is 0.0720. The molecule has 0 aliphatic carbocycles. The van der Waals surface area contributed by atoms with E-state index in [0.717, 1.165) is 34.0 Å². The SMILES string of the molecule is COc1cc(CNC2CN3CCC2CC3)cc(Br)c1OCc1ccccc1. The number of ether oxygens (including phenoxy) is 2. The van der Waals surface area contributed by atoms with Crippen LogP contribution in [0.25, 0.3) is 0 Å². The van der Waals surface area contributed by atoms with Gasteiger partial charge in [0.05, 0.1) is 11.6 Å². The Labute approximate surface area is 170 Å². The van der Waals surface area contributed by atoms with Crippen LogP contribution in [0.1, 0.15) is 24.0 Å². The highest BCUT2D eigenvalue weighted by Crippen LogP contribution is 2.37. The molecule has 0 saturated carbocycles. The highest BCUT2D eigenvalue weighted by Gasteiger charge is 2.33. The summed E-state index contributed by atoms with van der Waals surface area (Å²) in [4.78, 5) is 2.58. The summed E-state index contributed by atoms with van der Waals surface area (Å²) in [6.07, 6.45) is 2.66. The first-order valence-corrected chi connectivity index (χ1v) is 10.5. The summed E-state index contributed by atoms with van der Waals surface area (Å²) in [6, 6.07) is 15.0. The van der Waals surface area contributed by atoms with Gasteiger partial charge in [0.25, 0.3) is 0 Å². The number of rotatable bonds is 7. The van der Waals surface area contributed by atoms with Gasteiger partial charge in [0.2, 0.25) is 0 Å². The number of benzene rings is 2. The Morgan fingerprint density at radius 3 is 2.56 bits per heavy atom. The molecule has 2 bridgehead atoms. The van der Waals surface area contributed by atoms with Crippen LogP contribution in [0.2, 0.25) is 0 Å². The van der Waals surface area contributed by atoms with E-state index in [0.29, 0.717) is 12.6 Å². The highest BCUT2D eigenvalue weighted by atomic mass is 79.9. The predicted octanol–water partition coefficient (Wildman–Crippen LogP) is 4.22. The van der Waals surface area contributed by atoms with Crippen LogP contribution in [0.4, 0.5) is 0 Å². The molecule has 3 aliphatic heterocycles. The number of methoxy groups -OCH3 is 1. The molecule has 0 amide bonds. The maximum Gasteiger partial charge on any atom is 0.175 e. The molecule has 3 saturated heterocycles. The minimum absolute atomic E-state index is 0.521. The van der Waals surface area contributed by atoms with Gasteiger partial charge in [-0.2, -0.15) is 0 Å². The summed E-state index contributed by atoms with van der Waals surface area (Å²) in [5, 5.41) is 3.77. The lowest BCUT2D eigenvalue weighted by Crippen LogP contribution is -2.55. The maximum absolute atomic E-state index is 6.04. The Balaban J connectivity index is 1.41. The fraction of sp³-hybridized carbons (Fsp3) is 0.455. The van der Waals surface area contributed by atoms with Crippen molar-refractivity contribution in [2.45, 2.75) is 32.0 Å². The molecule has 0 radical (unpaired) electrons. The Morgan fingerprint density at radius 2 is 1.89 bits per heavy atom. The average Bonchev–Trinajstić information content (AvgIpc) is 2.72. The zero-order valence-corrected chi connectivity index (χ0v) is 17.4. The minimum Gasteiger partial charge on any atom is -0.493 e. The van der Waals surface area contributed by atoms with Crippen molar-refractivity contribution in [1.29, 1.82) is 0 Å². The summed E-state index contributed by atoms with van der Waals surface area (Å²) >= 11 is 3.67. The number of hydrogen-bond acceptors (Lipinski definition) is 4. The van der Waals surface area contributed by atoms with Gasteiger partial charge in [0, 0.05) is 19.1 Å². The van der Waals surface area contributed by atoms with Gasteiger partial charge in [-0.25, -0.2) is 0 Å². The van der Waals surface area contributed by atoms with E-state index < -0.39 is 0 Å². The lowest BCUT2D eigenvalue weighted by Gasteiger charge is -2.45. The van der Waals surface area contributed by atoms with Gasteiger partial charge in [-0.3, -0.25) is 0 Å². The largest absolute Gasteiger partial charge is 0.493 e. The van der Waals surface area contributed by atoms with Crippen LogP contribution < -0.4 is 14.8 Å². The van der Waals surface area contributed by atoms with Crippen molar-refractivity contribution < 1.29 is 9.47 Å². The maximum atomic E-state index is 6.04. The number of hydrogen-bond donors (Lipinski definition) is 1. The van der Waals surface area contributed by atoms with Gasteiger partial charge in [-0.05, 0) is 71.0 Å². The number of piperidine rings is 3. The Bertz CT molecular complexity index is 760. The van der Waals surface area contributed by atoms with E-state index in [4.69, 9.17) is 9.47 Å². The fourth-order valence-corrected chi connectivity index (χ4v) is 4.79. The topological polar surface area (TPSA) is 33.7 Å². The predicted molar refractivity (Wildman–Crippen MR) is 111 cm³/mol. The summed E-state index contributed by atoms with van der Waals surface area (Å²) in [5.74, 6) is 2.35. The van der Waals surface area contributed by atoms with Gasteiger partial charge in [-0.1, -0.05) is 30.3 Å². The first kappa shape index (κ1) is 18.8. The van der Waals surface area contributed by atoms with Crippen molar-refractivity contribution in [2.24, 2.45) is 5.92 Å². The third kappa shape index (κ3) is 4.48. The molecule has 5 rings (SSSR count). The molecule has 2 aromatic rings. The Kier molecular flexibility index (Phi) is 6.01. The monoisotopic (exact) mass is 430 g/mol. The van der Waals surface area contributed by atoms with Gasteiger partial charge in [-0.15, -0.1) is 0 Å². The summed E-state index contributed by atoms with van der Waals surface area (Å²) in [6.45, 7) is 5.10. The first-order valence-electron chi connectivity index (χ1n) is 9.72. The van der Waals surface area contributed by atoms with E-state index in [-0.39, 0.29) is 0 Å². The molecular formula is C22H27BrN2O2. The lowest BCUT2D eigenvalue weighted by atomic mass is 9.84. The second-order valence-electron chi connectivity index (χ2n) is 7.51. The van der Waals surface area contributed by atoms with Crippen LogP contribution >= 0.6 is 15.9 Å². The molecule has 5 heteroatoms. The third-order valence-electron chi connectivity index (χ3n) is 5.74. The molecule has 3 fully saturated rings. The third-order valence-corrected chi connectivity index (χ3v) is 6.33. The first-order chi connectivity index (χ1) is 13.2. The summed E-state index contributed by atoms with van der Waals surface area (Å²) < 4.78 is 12.6. The van der Waals surface area contributed by atoms with Gasteiger partial charge in [0.15, 0.2) is 11.5 Å². The molecule has 1 atom stereocenters. The van der Waals surface area contributed by atoms with E-state index in [2.05, 4.69) is 50.4 Å². The van der Waals surface area contributed by atoms with Crippen LogP contribution in [-0.2, 0) is 13.2 Å². The van der Waals surface area contributed by atoms with Crippen molar-refractivity contribution in [3.05, 3.63) is 58.1 Å². The molecule has 3 heterocycles. The van der Waals surface area contributed by atoms with Gasteiger partial charge < -0.3 is 19.7 Å². The quantitative estimate of drug-likeness (QED) is 0.712. The average molecular weight is 431 g/mol. The molecular weight excluding hydrogens is 404 g/mol. The molecule has 2 aromatic carbocycles. The molecule has 4 nitrogen and oxygen atoms in total. The van der Waals surface area contributed by atoms with E-state index >= 15 is 0 Å². The molecule has 144 valence electrons. The zero-order valence-electron chi connectivity index (χ0n) is 15.8. The van der Waals surface area contributed by atoms with Crippen molar-refractivity contribution in [3.63, 3.8) is 0 Å². The Morgan fingerprint density at radius 1 is 1.11 bits per heavy atom. The molecule has 0 aromatic heterocycles. The van der Waals surface area contributed by atoms with Crippen LogP contribution in [0, 0.1) is 5.92 Å². The molecule has 0 spiro atoms. The molecule has 1 N–H and O–H groups in total. The van der Waals surface area contributed by atoms with Crippen LogP contribution in [0.5, 0.6) is 11.5 Å². The number of fused-ring (bicyclic) bond motifs is 3. The highest BCUT2D eigenvalue weighted by molar-refractivity contribution is 9.10. The second-order valence-corrected chi connectivity index (χ2v) is 8.36. The molecule has 27 heavy (non-hydrogen) atoms. The number of nitrogens with one attached hydrogen (secondary N) is 1. The van der Waals surface area contributed by atoms with Crippen molar-refractivity contribution in [2.75, 3.05) is 26.7 Å². The fourth-order valence-electron chi connectivity index (χ4n) is 4.19. The zero-order chi connectivity index (χ0) is 18.6. The minimum atomic E-state index is 0.521. The number of nitrogens with zero attached hydrogens (tertiary/aromatic N) is 1. The van der Waals surface area contributed by atoms with E-state index in [1.807, 2.05) is 18.2 Å². The summed E-state index contributed by atoms with van der Waals surface area (Å²) in [7, 11) is 1.70. The molecule has 3 aliphatic rings. The van der Waals surface area contributed by atoms with Gasteiger partial charge in [0.1, 0.15) is 6.61 Å². The van der Waals surface area contributed by atoms with Crippen LogP contribution in [0.3, 0.4) is 0 Å². The summed E-state index contributed by atoms with van der Waals surface area (Å²) in [5.41, 5.74) is 2.35. The van der Waals surface area contributed by atoms with E-state index in [1.54, 1.807) is 7.11 Å². The Hall–Kier alpha value is -1.56. The molecule has 1 unspecified atom stereocenters. The van der Waals surface area contributed by atoms with Crippen molar-refractivity contribution in [1.82, 2.24) is 10.2 Å². The smallest absolute Gasteiger partial charge is 0.175 e. The van der Waals surface area contributed by atoms with Crippen molar-refractivity contribution in [3.8, 4) is 11.5 Å². The number of halogens is 1. The standard InChI is InChI=1S/C22H27BrN2O2/c1-26-21-12-17(13-24-20-14-25-9-7-18(20)8-10-25)11-19(23)22(21)27-15-16-5-3-2-4-6-16/h2-6,11-12,18,20,24H,7-10,13-15H2,1H3. The van der Waals surface area contributed by atoms with E-state index in [1.165, 1.54) is 38.0 Å². The van der Waals surface area contributed by atoms with Crippen molar-refractivity contribution >= 4 is 15.9 Å².